The summed E-state index contributed by atoms with van der Waals surface area (Å²) in [4.78, 5) is 14.6. The molecular formula is C24H48N6O2. The quantitative estimate of drug-likeness (QED) is 0.393. The molecule has 0 spiro atoms. The van der Waals surface area contributed by atoms with Crippen LogP contribution in [0, 0.1) is 23.2 Å². The Morgan fingerprint density at radius 3 is 2.62 bits per heavy atom. The predicted molar refractivity (Wildman–Crippen MR) is 128 cm³/mol. The number of carbonyl (C=O) groups is 1. The van der Waals surface area contributed by atoms with Crippen LogP contribution in [0.2, 0.25) is 0 Å². The first-order chi connectivity index (χ1) is 15.1. The number of nitrogens with two attached hydrogens (primary N) is 2. The van der Waals surface area contributed by atoms with Crippen LogP contribution in [0.5, 0.6) is 0 Å². The lowest BCUT2D eigenvalue weighted by Gasteiger charge is -2.48. The highest BCUT2D eigenvalue weighted by molar-refractivity contribution is 5.77. The number of primary amides is 1. The molecule has 0 radical (unpaired) electrons. The summed E-state index contributed by atoms with van der Waals surface area (Å²) in [5.74, 6) is 0.569. The van der Waals surface area contributed by atoms with E-state index >= 15 is 0 Å². The summed E-state index contributed by atoms with van der Waals surface area (Å²) in [7, 11) is 1.84. The molecule has 7 N–H and O–H groups in total. The van der Waals surface area contributed by atoms with E-state index in [1.54, 1.807) is 0 Å². The van der Waals surface area contributed by atoms with Crippen LogP contribution in [-0.4, -0.2) is 68.2 Å². The first-order valence-electron chi connectivity index (χ1n) is 12.7. The van der Waals surface area contributed by atoms with E-state index in [2.05, 4.69) is 48.5 Å². The third-order valence-corrected chi connectivity index (χ3v) is 8.11. The van der Waals surface area contributed by atoms with Gasteiger partial charge >= 0.3 is 0 Å². The first-order valence-corrected chi connectivity index (χ1v) is 12.7. The first kappa shape index (κ1) is 25.8. The van der Waals surface area contributed by atoms with Gasteiger partial charge in [-0.15, -0.1) is 0 Å². The molecule has 3 rings (SSSR count). The summed E-state index contributed by atoms with van der Waals surface area (Å²) in [6.07, 6.45) is 6.71. The number of hydrogen-bond donors (Lipinski definition) is 5. The van der Waals surface area contributed by atoms with Crippen molar-refractivity contribution in [3.8, 4) is 0 Å². The summed E-state index contributed by atoms with van der Waals surface area (Å²) < 4.78 is 5.86. The third-order valence-electron chi connectivity index (χ3n) is 8.11. The average Bonchev–Trinajstić information content (AvgIpc) is 2.73. The van der Waals surface area contributed by atoms with Gasteiger partial charge in [0.15, 0.2) is 0 Å². The summed E-state index contributed by atoms with van der Waals surface area (Å²) in [6.45, 7) is 11.7. The second-order valence-corrected chi connectivity index (χ2v) is 11.4. The molecule has 0 aromatic heterocycles. The SMILES string of the molecule is CCC(OC)C1CC(NC2NC(N3CCC[C@H](N)C3)NCC2C(N)=O)CC(C(C)(C)C)C1. The lowest BCUT2D eigenvalue weighted by atomic mass is 9.66. The molecule has 186 valence electrons. The molecule has 32 heavy (non-hydrogen) atoms. The molecule has 2 heterocycles. The van der Waals surface area contributed by atoms with Crippen LogP contribution in [0.25, 0.3) is 0 Å². The fraction of sp³-hybridized carbons (Fsp3) is 0.958. The van der Waals surface area contributed by atoms with Crippen LogP contribution in [0.1, 0.15) is 66.2 Å². The molecule has 2 saturated heterocycles. The second kappa shape index (κ2) is 11.1. The van der Waals surface area contributed by atoms with E-state index < -0.39 is 0 Å². The fourth-order valence-corrected chi connectivity index (χ4v) is 6.10. The monoisotopic (exact) mass is 452 g/mol. The van der Waals surface area contributed by atoms with E-state index in [1.807, 2.05) is 7.11 Å². The van der Waals surface area contributed by atoms with Crippen molar-refractivity contribution in [3.63, 3.8) is 0 Å². The molecule has 2 aliphatic heterocycles. The number of carbonyl (C=O) groups excluding carboxylic acids is 1. The molecular weight excluding hydrogens is 404 g/mol. The van der Waals surface area contributed by atoms with Crippen molar-refractivity contribution < 1.29 is 9.53 Å². The number of nitrogens with one attached hydrogen (secondary N) is 3. The largest absolute Gasteiger partial charge is 0.381 e. The Morgan fingerprint density at radius 2 is 2.03 bits per heavy atom. The van der Waals surface area contributed by atoms with Gasteiger partial charge in [-0.3, -0.25) is 25.6 Å². The van der Waals surface area contributed by atoms with Crippen LogP contribution in [0.4, 0.5) is 0 Å². The lowest BCUT2D eigenvalue weighted by Crippen LogP contribution is -2.72. The van der Waals surface area contributed by atoms with E-state index in [0.29, 0.717) is 24.4 Å². The van der Waals surface area contributed by atoms with Crippen molar-refractivity contribution in [2.45, 2.75) is 96.9 Å². The van der Waals surface area contributed by atoms with Crippen LogP contribution in [0.15, 0.2) is 0 Å². The van der Waals surface area contributed by atoms with Crippen molar-refractivity contribution in [2.24, 2.45) is 34.6 Å². The van der Waals surface area contributed by atoms with Gasteiger partial charge in [0.05, 0.1) is 18.2 Å². The number of likely N-dealkylation sites (tertiary alicyclic amines) is 1. The number of hydrogen-bond acceptors (Lipinski definition) is 7. The van der Waals surface area contributed by atoms with E-state index in [0.717, 1.165) is 45.2 Å². The molecule has 0 aromatic carbocycles. The van der Waals surface area contributed by atoms with Crippen molar-refractivity contribution in [3.05, 3.63) is 0 Å². The molecule has 3 fully saturated rings. The van der Waals surface area contributed by atoms with Gasteiger partial charge in [-0.25, -0.2) is 0 Å². The van der Waals surface area contributed by atoms with Gasteiger partial charge in [-0.05, 0) is 55.8 Å². The molecule has 3 aliphatic rings. The normalized spacial score (nSPS) is 38.4. The second-order valence-electron chi connectivity index (χ2n) is 11.4. The minimum absolute atomic E-state index is 0.00890. The van der Waals surface area contributed by atoms with E-state index in [1.165, 1.54) is 6.42 Å². The fourth-order valence-electron chi connectivity index (χ4n) is 6.10. The standard InChI is InChI=1S/C24H48N6O2/c1-6-20(32-5)15-10-16(24(2,3)4)12-18(11-15)28-22-19(21(26)31)13-27-23(29-22)30-9-7-8-17(25)14-30/h15-20,22-23,27-29H,6-14,25H2,1-5H3,(H2,26,31)/t15?,16?,17-,18?,19?,20?,22?,23?/m0/s1. The maximum atomic E-state index is 12.3. The van der Waals surface area contributed by atoms with Gasteiger partial charge in [-0.1, -0.05) is 27.7 Å². The van der Waals surface area contributed by atoms with Crippen molar-refractivity contribution >= 4 is 5.91 Å². The number of nitrogens with zero attached hydrogens (tertiary/aromatic N) is 1. The summed E-state index contributed by atoms with van der Waals surface area (Å²) in [5.41, 5.74) is 12.3. The van der Waals surface area contributed by atoms with Crippen LogP contribution in [-0.2, 0) is 9.53 Å². The predicted octanol–water partition coefficient (Wildman–Crippen LogP) is 1.16. The van der Waals surface area contributed by atoms with Crippen LogP contribution >= 0.6 is 0 Å². The molecule has 7 unspecified atom stereocenters. The van der Waals surface area contributed by atoms with Crippen LogP contribution in [0.3, 0.4) is 0 Å². The van der Waals surface area contributed by atoms with Crippen molar-refractivity contribution in [1.82, 2.24) is 20.9 Å². The maximum absolute atomic E-state index is 12.3. The topological polar surface area (TPSA) is 118 Å². The molecule has 0 aromatic rings. The Hall–Kier alpha value is -0.770. The molecule has 8 nitrogen and oxygen atoms in total. The number of piperidine rings is 1. The minimum Gasteiger partial charge on any atom is -0.381 e. The highest BCUT2D eigenvalue weighted by atomic mass is 16.5. The number of methoxy groups -OCH3 is 1. The zero-order valence-corrected chi connectivity index (χ0v) is 20.9. The summed E-state index contributed by atoms with van der Waals surface area (Å²) in [6, 6.07) is 0.531. The van der Waals surface area contributed by atoms with E-state index in [9.17, 15) is 4.79 Å². The minimum atomic E-state index is -0.289. The Morgan fingerprint density at radius 1 is 1.28 bits per heavy atom. The van der Waals surface area contributed by atoms with Gasteiger partial charge in [0, 0.05) is 38.8 Å². The zero-order valence-electron chi connectivity index (χ0n) is 20.9. The van der Waals surface area contributed by atoms with Crippen molar-refractivity contribution in [2.75, 3.05) is 26.7 Å². The average molecular weight is 453 g/mol. The van der Waals surface area contributed by atoms with Gasteiger partial charge < -0.3 is 16.2 Å². The van der Waals surface area contributed by atoms with Gasteiger partial charge in [0.25, 0.3) is 0 Å². The summed E-state index contributed by atoms with van der Waals surface area (Å²) in [5, 5.41) is 11.0. The number of amides is 1. The van der Waals surface area contributed by atoms with E-state index in [4.69, 9.17) is 16.2 Å². The molecule has 0 bridgehead atoms. The molecule has 1 saturated carbocycles. The summed E-state index contributed by atoms with van der Waals surface area (Å²) >= 11 is 0. The third kappa shape index (κ3) is 6.42. The van der Waals surface area contributed by atoms with Gasteiger partial charge in [-0.2, -0.15) is 0 Å². The molecule has 8 heteroatoms. The Kier molecular flexibility index (Phi) is 8.97. The Bertz CT molecular complexity index is 608. The molecule has 1 aliphatic carbocycles. The van der Waals surface area contributed by atoms with Crippen LogP contribution < -0.4 is 27.4 Å². The highest BCUT2D eigenvalue weighted by Gasteiger charge is 2.42. The highest BCUT2D eigenvalue weighted by Crippen LogP contribution is 2.42. The van der Waals surface area contributed by atoms with E-state index in [-0.39, 0.29) is 41.8 Å². The zero-order chi connectivity index (χ0) is 23.5. The van der Waals surface area contributed by atoms with Gasteiger partial charge in [0.1, 0.15) is 6.29 Å². The van der Waals surface area contributed by atoms with Crippen molar-refractivity contribution in [1.29, 1.82) is 0 Å². The Balaban J connectivity index is 1.73. The Labute approximate surface area is 194 Å². The number of rotatable bonds is 7. The molecule has 8 atom stereocenters. The van der Waals surface area contributed by atoms with Gasteiger partial charge in [0.2, 0.25) is 5.91 Å². The molecule has 1 amide bonds. The number of ether oxygens (including phenoxy) is 1. The maximum Gasteiger partial charge on any atom is 0.224 e. The smallest absolute Gasteiger partial charge is 0.224 e. The lowest BCUT2D eigenvalue weighted by molar-refractivity contribution is -0.125.